The van der Waals surface area contributed by atoms with Gasteiger partial charge in [-0.25, -0.2) is 14.0 Å². The molecule has 0 amide bonds. The Hall–Kier alpha value is -4.13. The van der Waals surface area contributed by atoms with E-state index in [1.807, 2.05) is 0 Å². The van der Waals surface area contributed by atoms with Crippen molar-refractivity contribution >= 4 is 11.9 Å². The zero-order chi connectivity index (χ0) is 21.1. The molecule has 0 saturated carbocycles. The Labute approximate surface area is 166 Å². The van der Waals surface area contributed by atoms with Crippen LogP contribution in [0, 0.1) is 5.82 Å². The van der Waals surface area contributed by atoms with Crippen LogP contribution in [0.25, 0.3) is 11.1 Å². The highest BCUT2D eigenvalue weighted by Gasteiger charge is 2.06. The Balaban J connectivity index is 1.97. The minimum Gasteiger partial charge on any atom is -0.462 e. The predicted octanol–water partition coefficient (Wildman–Crippen LogP) is 4.65. The third-order valence-corrected chi connectivity index (χ3v) is 3.33. The molecule has 0 heterocycles. The molecule has 0 aromatic heterocycles. The van der Waals surface area contributed by atoms with E-state index in [-0.39, 0.29) is 5.75 Å². The molecule has 148 valence electrons. The fraction of sp³-hybridized carbons (Fsp3) is 0. The summed E-state index contributed by atoms with van der Waals surface area (Å²) < 4.78 is 33.8. The molecule has 29 heavy (non-hydrogen) atoms. The van der Waals surface area contributed by atoms with Crippen molar-refractivity contribution < 1.29 is 32.9 Å². The lowest BCUT2D eigenvalue weighted by Crippen LogP contribution is -1.94. The molecular weight excluding hydrogens is 379 g/mol. The molecule has 2 aromatic carbocycles. The molecule has 0 unspecified atom stereocenters. The van der Waals surface area contributed by atoms with Gasteiger partial charge >= 0.3 is 11.9 Å². The molecule has 7 heteroatoms. The van der Waals surface area contributed by atoms with Crippen molar-refractivity contribution in [3.63, 3.8) is 0 Å². The third kappa shape index (κ3) is 6.84. The molecule has 0 aliphatic rings. The van der Waals surface area contributed by atoms with Crippen LogP contribution in [0.4, 0.5) is 4.39 Å². The van der Waals surface area contributed by atoms with E-state index in [0.29, 0.717) is 11.3 Å². The van der Waals surface area contributed by atoms with Crippen LogP contribution in [0.3, 0.4) is 0 Å². The fourth-order valence-corrected chi connectivity index (χ4v) is 2.00. The average molecular weight is 396 g/mol. The van der Waals surface area contributed by atoms with E-state index < -0.39 is 17.8 Å². The first-order chi connectivity index (χ1) is 14.0. The number of rotatable bonds is 9. The van der Waals surface area contributed by atoms with Gasteiger partial charge in [0.25, 0.3) is 0 Å². The van der Waals surface area contributed by atoms with E-state index in [0.717, 1.165) is 36.5 Å². The summed E-state index contributed by atoms with van der Waals surface area (Å²) in [4.78, 5) is 21.7. The lowest BCUT2D eigenvalue weighted by atomic mass is 10.1. The molecule has 0 aliphatic carbocycles. The molecule has 0 fully saturated rings. The van der Waals surface area contributed by atoms with Crippen molar-refractivity contribution in [2.24, 2.45) is 0 Å². The maximum Gasteiger partial charge on any atom is 0.335 e. The van der Waals surface area contributed by atoms with Gasteiger partial charge in [0.1, 0.15) is 30.8 Å². The van der Waals surface area contributed by atoms with Crippen molar-refractivity contribution in [2.75, 3.05) is 0 Å². The molecule has 0 N–H and O–H groups in total. The van der Waals surface area contributed by atoms with Crippen LogP contribution in [0.15, 0.2) is 92.8 Å². The van der Waals surface area contributed by atoms with Crippen molar-refractivity contribution in [2.45, 2.75) is 0 Å². The van der Waals surface area contributed by atoms with Crippen molar-refractivity contribution in [1.29, 1.82) is 0 Å². The van der Waals surface area contributed by atoms with Gasteiger partial charge in [0, 0.05) is 12.2 Å². The van der Waals surface area contributed by atoms with E-state index in [9.17, 15) is 14.0 Å². The Morgan fingerprint density at radius 2 is 1.31 bits per heavy atom. The lowest BCUT2D eigenvalue weighted by molar-refractivity contribution is -0.133. The highest BCUT2D eigenvalue weighted by molar-refractivity contribution is 5.82. The number of hydrogen-bond acceptors (Lipinski definition) is 6. The van der Waals surface area contributed by atoms with E-state index in [4.69, 9.17) is 9.47 Å². The number of carbonyl (C=O) groups excluding carboxylic acids is 2. The van der Waals surface area contributed by atoms with E-state index in [1.54, 1.807) is 30.3 Å². The van der Waals surface area contributed by atoms with Crippen LogP contribution >= 0.6 is 0 Å². The molecule has 2 aromatic rings. The number of esters is 2. The van der Waals surface area contributed by atoms with Crippen LogP contribution < -0.4 is 9.47 Å². The molecule has 2 rings (SSSR count). The van der Waals surface area contributed by atoms with Gasteiger partial charge in [-0.1, -0.05) is 31.4 Å². The van der Waals surface area contributed by atoms with Crippen LogP contribution in [-0.4, -0.2) is 11.9 Å². The van der Waals surface area contributed by atoms with Gasteiger partial charge in [-0.05, 0) is 35.4 Å². The first-order valence-electron chi connectivity index (χ1n) is 8.23. The van der Waals surface area contributed by atoms with Gasteiger partial charge in [0.15, 0.2) is 11.6 Å². The van der Waals surface area contributed by atoms with Gasteiger partial charge in [-0.3, -0.25) is 0 Å². The molecular formula is C22H17FO6. The van der Waals surface area contributed by atoms with Gasteiger partial charge in [-0.2, -0.15) is 0 Å². The van der Waals surface area contributed by atoms with Crippen molar-refractivity contribution in [1.82, 2.24) is 0 Å². The summed E-state index contributed by atoms with van der Waals surface area (Å²) in [5.74, 6) is -1.36. The standard InChI is InChI=1S/C22H17FO6/c1-3-21(24)28-13-11-26-18-8-5-16(6-9-18)17-7-10-20(19(23)15-17)27-12-14-29-22(25)4-2/h3-15H,1-2H2/b13-11-,14-12-. The number of hydrogen-bond donors (Lipinski definition) is 0. The molecule has 0 saturated heterocycles. The summed E-state index contributed by atoms with van der Waals surface area (Å²) in [5, 5.41) is 0. The van der Waals surface area contributed by atoms with Crippen molar-refractivity contribution in [3.05, 3.63) is 98.6 Å². The Morgan fingerprint density at radius 3 is 1.86 bits per heavy atom. The van der Waals surface area contributed by atoms with Gasteiger partial charge in [-0.15, -0.1) is 0 Å². The summed E-state index contributed by atoms with van der Waals surface area (Å²) in [6, 6.07) is 11.3. The first kappa shape index (κ1) is 21.2. The van der Waals surface area contributed by atoms with E-state index in [1.165, 1.54) is 18.4 Å². The Bertz CT molecular complexity index is 944. The summed E-state index contributed by atoms with van der Waals surface area (Å²) >= 11 is 0. The summed E-state index contributed by atoms with van der Waals surface area (Å²) in [5.41, 5.74) is 1.37. The quantitative estimate of drug-likeness (QED) is 0.349. The Morgan fingerprint density at radius 1 is 0.759 bits per heavy atom. The molecule has 6 nitrogen and oxygen atoms in total. The first-order valence-corrected chi connectivity index (χ1v) is 8.23. The fourth-order valence-electron chi connectivity index (χ4n) is 2.00. The zero-order valence-electron chi connectivity index (χ0n) is 15.2. The number of carbonyl (C=O) groups is 2. The number of halogens is 1. The van der Waals surface area contributed by atoms with Crippen LogP contribution in [-0.2, 0) is 19.1 Å². The predicted molar refractivity (Wildman–Crippen MR) is 104 cm³/mol. The SMILES string of the molecule is C=CC(=O)O/C=C\Oc1ccc(-c2ccc(O/C=C\OC(=O)C=C)c(F)c2)cc1. The molecule has 0 bridgehead atoms. The van der Waals surface area contributed by atoms with Crippen LogP contribution in [0.2, 0.25) is 0 Å². The van der Waals surface area contributed by atoms with Crippen molar-refractivity contribution in [3.8, 4) is 22.6 Å². The summed E-state index contributed by atoms with van der Waals surface area (Å²) in [6.07, 6.45) is 6.36. The highest BCUT2D eigenvalue weighted by Crippen LogP contribution is 2.27. The molecule has 0 atom stereocenters. The van der Waals surface area contributed by atoms with Gasteiger partial charge < -0.3 is 18.9 Å². The molecule has 0 radical (unpaired) electrons. The molecule has 0 spiro atoms. The topological polar surface area (TPSA) is 71.1 Å². The monoisotopic (exact) mass is 396 g/mol. The van der Waals surface area contributed by atoms with E-state index >= 15 is 0 Å². The van der Waals surface area contributed by atoms with Crippen LogP contribution in [0.5, 0.6) is 11.5 Å². The van der Waals surface area contributed by atoms with E-state index in [2.05, 4.69) is 22.6 Å². The van der Waals surface area contributed by atoms with Gasteiger partial charge in [0.05, 0.1) is 0 Å². The number of benzene rings is 2. The normalized spacial score (nSPS) is 10.5. The van der Waals surface area contributed by atoms with Crippen LogP contribution in [0.1, 0.15) is 0 Å². The maximum atomic E-state index is 14.2. The second-order valence-corrected chi connectivity index (χ2v) is 5.23. The summed E-state index contributed by atoms with van der Waals surface area (Å²) in [7, 11) is 0. The lowest BCUT2D eigenvalue weighted by Gasteiger charge is -2.07. The zero-order valence-corrected chi connectivity index (χ0v) is 15.2. The smallest absolute Gasteiger partial charge is 0.335 e. The second kappa shape index (κ2) is 10.9. The van der Waals surface area contributed by atoms with Gasteiger partial charge in [0.2, 0.25) is 0 Å². The second-order valence-electron chi connectivity index (χ2n) is 5.23. The largest absolute Gasteiger partial charge is 0.462 e. The third-order valence-electron chi connectivity index (χ3n) is 3.33. The number of ether oxygens (including phenoxy) is 4. The minimum atomic E-state index is -0.652. The average Bonchev–Trinajstić information content (AvgIpc) is 2.75. The summed E-state index contributed by atoms with van der Waals surface area (Å²) in [6.45, 7) is 6.51. The highest BCUT2D eigenvalue weighted by atomic mass is 19.1. The molecule has 0 aliphatic heterocycles. The maximum absolute atomic E-state index is 14.2. The Kier molecular flexibility index (Phi) is 7.95. The minimum absolute atomic E-state index is 0.0289.